The first-order chi connectivity index (χ1) is 8.05. The van der Waals surface area contributed by atoms with Crippen molar-refractivity contribution in [2.24, 2.45) is 0 Å². The molecule has 0 spiro atoms. The highest BCUT2D eigenvalue weighted by Crippen LogP contribution is 2.26. The Morgan fingerprint density at radius 2 is 2.00 bits per heavy atom. The van der Waals surface area contributed by atoms with Gasteiger partial charge in [-0.25, -0.2) is 8.42 Å². The monoisotopic (exact) mass is 367 g/mol. The van der Waals surface area contributed by atoms with Crippen molar-refractivity contribution in [3.05, 3.63) is 27.8 Å². The fourth-order valence-electron chi connectivity index (χ4n) is 2.05. The fraction of sp³-hybridized carbons (Fsp3) is 0.455. The van der Waals surface area contributed by atoms with Crippen molar-refractivity contribution in [2.75, 3.05) is 13.2 Å². The number of halogens is 1. The number of aliphatic hydroxyl groups is 1. The molecule has 0 aromatic heterocycles. The zero-order chi connectivity index (χ0) is 12.5. The van der Waals surface area contributed by atoms with E-state index in [1.165, 1.54) is 4.31 Å². The quantitative estimate of drug-likeness (QED) is 0.823. The summed E-state index contributed by atoms with van der Waals surface area (Å²) in [7, 11) is -3.45. The Kier molecular flexibility index (Phi) is 4.06. The summed E-state index contributed by atoms with van der Waals surface area (Å²) in [5.41, 5.74) is 0. The van der Waals surface area contributed by atoms with E-state index in [0.29, 0.717) is 11.4 Å². The molecule has 2 rings (SSSR count). The summed E-state index contributed by atoms with van der Waals surface area (Å²) in [6.07, 6.45) is 1.55. The Morgan fingerprint density at radius 3 is 2.59 bits per heavy atom. The Bertz CT molecular complexity index is 486. The van der Waals surface area contributed by atoms with Gasteiger partial charge in [0.25, 0.3) is 0 Å². The Balaban J connectivity index is 2.33. The summed E-state index contributed by atoms with van der Waals surface area (Å²) in [6.45, 7) is 0.392. The van der Waals surface area contributed by atoms with Gasteiger partial charge in [0.1, 0.15) is 0 Å². The minimum absolute atomic E-state index is 0.108. The molecule has 0 bridgehead atoms. The van der Waals surface area contributed by atoms with Gasteiger partial charge in [0.15, 0.2) is 0 Å². The predicted octanol–water partition coefficient (Wildman–Crippen LogP) is 1.44. The van der Waals surface area contributed by atoms with Crippen LogP contribution in [0.15, 0.2) is 29.2 Å². The number of sulfonamides is 1. The summed E-state index contributed by atoms with van der Waals surface area (Å²) in [5, 5.41) is 9.18. The maximum absolute atomic E-state index is 12.3. The fourth-order valence-corrected chi connectivity index (χ4v) is 4.09. The van der Waals surface area contributed by atoms with E-state index in [0.717, 1.165) is 16.4 Å². The molecule has 0 saturated carbocycles. The van der Waals surface area contributed by atoms with Crippen molar-refractivity contribution in [3.8, 4) is 0 Å². The van der Waals surface area contributed by atoms with E-state index in [4.69, 9.17) is 0 Å². The lowest BCUT2D eigenvalue weighted by molar-refractivity contribution is 0.213. The van der Waals surface area contributed by atoms with Gasteiger partial charge in [0.05, 0.1) is 11.5 Å². The van der Waals surface area contributed by atoms with Gasteiger partial charge >= 0.3 is 0 Å². The molecule has 0 amide bonds. The van der Waals surface area contributed by atoms with Crippen molar-refractivity contribution in [2.45, 2.75) is 23.8 Å². The van der Waals surface area contributed by atoms with E-state index in [1.54, 1.807) is 24.3 Å². The summed E-state index contributed by atoms with van der Waals surface area (Å²) in [5.74, 6) is 0. The van der Waals surface area contributed by atoms with Crippen molar-refractivity contribution >= 4 is 32.6 Å². The third-order valence-electron chi connectivity index (χ3n) is 2.95. The molecule has 1 aromatic carbocycles. The van der Waals surface area contributed by atoms with Gasteiger partial charge in [-0.2, -0.15) is 4.31 Å². The van der Waals surface area contributed by atoms with Gasteiger partial charge in [-0.15, -0.1) is 0 Å². The van der Waals surface area contributed by atoms with Crippen LogP contribution in [0.25, 0.3) is 0 Å². The molecular weight excluding hydrogens is 353 g/mol. The van der Waals surface area contributed by atoms with Crippen LogP contribution in [0.2, 0.25) is 0 Å². The van der Waals surface area contributed by atoms with E-state index in [1.807, 2.05) is 0 Å². The Labute approximate surface area is 115 Å². The molecule has 0 aliphatic carbocycles. The normalized spacial score (nSPS) is 21.9. The molecule has 1 unspecified atom stereocenters. The number of hydrogen-bond donors (Lipinski definition) is 1. The van der Waals surface area contributed by atoms with Gasteiger partial charge in [0.2, 0.25) is 10.0 Å². The van der Waals surface area contributed by atoms with Crippen LogP contribution in [0.1, 0.15) is 12.8 Å². The molecular formula is C11H14INO3S. The van der Waals surface area contributed by atoms with Crippen molar-refractivity contribution < 1.29 is 13.5 Å². The van der Waals surface area contributed by atoms with Crippen LogP contribution in [0, 0.1) is 3.57 Å². The maximum Gasteiger partial charge on any atom is 0.243 e. The molecule has 1 heterocycles. The smallest absolute Gasteiger partial charge is 0.243 e. The van der Waals surface area contributed by atoms with Gasteiger partial charge < -0.3 is 5.11 Å². The second kappa shape index (κ2) is 5.21. The van der Waals surface area contributed by atoms with Crippen molar-refractivity contribution in [1.82, 2.24) is 4.31 Å². The lowest BCUT2D eigenvalue weighted by Crippen LogP contribution is -2.37. The third-order valence-corrected chi connectivity index (χ3v) is 5.64. The molecule has 1 N–H and O–H groups in total. The Morgan fingerprint density at radius 1 is 1.35 bits per heavy atom. The van der Waals surface area contributed by atoms with E-state index in [2.05, 4.69) is 22.6 Å². The molecule has 0 radical (unpaired) electrons. The largest absolute Gasteiger partial charge is 0.395 e. The minimum Gasteiger partial charge on any atom is -0.395 e. The standard InChI is InChI=1S/C11H14INO3S/c12-9-3-5-11(6-4-9)17(15,16)13-7-1-2-10(13)8-14/h3-6,10,14H,1-2,7-8H2. The molecule has 17 heavy (non-hydrogen) atoms. The summed E-state index contributed by atoms with van der Waals surface area (Å²) in [6, 6.07) is 6.52. The number of nitrogens with zero attached hydrogens (tertiary/aromatic N) is 1. The average molecular weight is 367 g/mol. The van der Waals surface area contributed by atoms with Gasteiger partial charge in [-0.1, -0.05) is 0 Å². The van der Waals surface area contributed by atoms with Crippen molar-refractivity contribution in [3.63, 3.8) is 0 Å². The molecule has 1 saturated heterocycles. The number of aliphatic hydroxyl groups excluding tert-OH is 1. The van der Waals surface area contributed by atoms with Crippen molar-refractivity contribution in [1.29, 1.82) is 0 Å². The van der Waals surface area contributed by atoms with E-state index in [-0.39, 0.29) is 12.6 Å². The first-order valence-corrected chi connectivity index (χ1v) is 7.96. The molecule has 6 heteroatoms. The second-order valence-corrected chi connectivity index (χ2v) is 7.18. The lowest BCUT2D eigenvalue weighted by atomic mass is 10.2. The second-order valence-electron chi connectivity index (χ2n) is 4.05. The third kappa shape index (κ3) is 2.64. The number of benzene rings is 1. The van der Waals surface area contributed by atoms with Gasteiger partial charge in [0, 0.05) is 16.2 Å². The maximum atomic E-state index is 12.3. The highest BCUT2D eigenvalue weighted by atomic mass is 127. The first-order valence-electron chi connectivity index (χ1n) is 5.44. The first kappa shape index (κ1) is 13.3. The topological polar surface area (TPSA) is 57.6 Å². The van der Waals surface area contributed by atoms with Crippen LogP contribution in [-0.2, 0) is 10.0 Å². The molecule has 1 fully saturated rings. The van der Waals surface area contributed by atoms with E-state index >= 15 is 0 Å². The molecule has 94 valence electrons. The predicted molar refractivity (Wildman–Crippen MR) is 73.2 cm³/mol. The lowest BCUT2D eigenvalue weighted by Gasteiger charge is -2.22. The minimum atomic E-state index is -3.45. The van der Waals surface area contributed by atoms with Crippen LogP contribution in [-0.4, -0.2) is 37.0 Å². The summed E-state index contributed by atoms with van der Waals surface area (Å²) in [4.78, 5) is 0.304. The van der Waals surface area contributed by atoms with Crippen LogP contribution < -0.4 is 0 Å². The SMILES string of the molecule is O=S(=O)(c1ccc(I)cc1)N1CCCC1CO. The molecule has 4 nitrogen and oxygen atoms in total. The zero-order valence-corrected chi connectivity index (χ0v) is 12.2. The van der Waals surface area contributed by atoms with Crippen LogP contribution in [0.3, 0.4) is 0 Å². The van der Waals surface area contributed by atoms with Gasteiger partial charge in [-0.3, -0.25) is 0 Å². The Hall–Kier alpha value is -0.180. The average Bonchev–Trinajstić information content (AvgIpc) is 2.78. The van der Waals surface area contributed by atoms with Crippen LogP contribution in [0.4, 0.5) is 0 Å². The van der Waals surface area contributed by atoms with E-state index in [9.17, 15) is 13.5 Å². The van der Waals surface area contributed by atoms with Gasteiger partial charge in [-0.05, 0) is 59.7 Å². The highest BCUT2D eigenvalue weighted by molar-refractivity contribution is 14.1. The molecule has 1 atom stereocenters. The summed E-state index contributed by atoms with van der Waals surface area (Å²) >= 11 is 2.14. The molecule has 1 aliphatic heterocycles. The molecule has 1 aromatic rings. The van der Waals surface area contributed by atoms with Crippen LogP contribution >= 0.6 is 22.6 Å². The highest BCUT2D eigenvalue weighted by Gasteiger charge is 2.34. The zero-order valence-electron chi connectivity index (χ0n) is 9.21. The number of rotatable bonds is 3. The number of hydrogen-bond acceptors (Lipinski definition) is 3. The molecule has 1 aliphatic rings. The van der Waals surface area contributed by atoms with Crippen LogP contribution in [0.5, 0.6) is 0 Å². The summed E-state index contributed by atoms with van der Waals surface area (Å²) < 4.78 is 27.1. The van der Waals surface area contributed by atoms with E-state index < -0.39 is 10.0 Å².